The summed E-state index contributed by atoms with van der Waals surface area (Å²) in [6.45, 7) is 8.23. The minimum Gasteiger partial charge on any atom is -0.497 e. The Labute approximate surface area is 223 Å². The van der Waals surface area contributed by atoms with Gasteiger partial charge < -0.3 is 24.8 Å². The lowest BCUT2D eigenvalue weighted by atomic mass is 9.84. The van der Waals surface area contributed by atoms with Gasteiger partial charge >= 0.3 is 0 Å². The predicted molar refractivity (Wildman–Crippen MR) is 143 cm³/mol. The van der Waals surface area contributed by atoms with E-state index in [4.69, 9.17) is 4.74 Å². The molecular weight excluding hydrogens is 487 g/mol. The maximum absolute atomic E-state index is 14.3. The van der Waals surface area contributed by atoms with Gasteiger partial charge in [0.15, 0.2) is 0 Å². The Morgan fingerprint density at radius 2 is 1.74 bits per heavy atom. The summed E-state index contributed by atoms with van der Waals surface area (Å²) in [5, 5.41) is 2.76. The zero-order valence-corrected chi connectivity index (χ0v) is 23.0. The quantitative estimate of drug-likeness (QED) is 0.625. The average Bonchev–Trinajstić information content (AvgIpc) is 3.08. The molecule has 0 radical (unpaired) electrons. The van der Waals surface area contributed by atoms with Crippen molar-refractivity contribution in [2.24, 2.45) is 5.92 Å². The summed E-state index contributed by atoms with van der Waals surface area (Å²) in [6.07, 6.45) is 0.776. The van der Waals surface area contributed by atoms with Gasteiger partial charge in [-0.3, -0.25) is 14.4 Å². The van der Waals surface area contributed by atoms with E-state index in [1.54, 1.807) is 29.9 Å². The van der Waals surface area contributed by atoms with Crippen molar-refractivity contribution >= 4 is 23.4 Å². The highest BCUT2D eigenvalue weighted by Crippen LogP contribution is 2.42. The number of likely N-dealkylation sites (N-methyl/N-ethyl adjacent to an activating group) is 1. The third-order valence-corrected chi connectivity index (χ3v) is 7.95. The number of piperidine rings is 1. The Kier molecular flexibility index (Phi) is 7.67. The topological polar surface area (TPSA) is 82.2 Å². The first-order chi connectivity index (χ1) is 18.0. The number of ether oxygens (including phenoxy) is 1. The number of nitrogens with one attached hydrogen (secondary N) is 1. The van der Waals surface area contributed by atoms with E-state index < -0.39 is 23.3 Å². The molecule has 0 aromatic heterocycles. The van der Waals surface area contributed by atoms with Crippen LogP contribution in [0.5, 0.6) is 5.75 Å². The van der Waals surface area contributed by atoms with E-state index in [0.717, 1.165) is 17.0 Å². The number of amides is 3. The molecule has 3 amide bonds. The fraction of sp³-hybridized carbons (Fsp3) is 0.483. The number of aryl methyl sites for hydroxylation is 1. The van der Waals surface area contributed by atoms with Crippen LogP contribution >= 0.6 is 0 Å². The minimum absolute atomic E-state index is 0.0385. The van der Waals surface area contributed by atoms with Crippen LogP contribution in [0.2, 0.25) is 0 Å². The summed E-state index contributed by atoms with van der Waals surface area (Å²) in [5.74, 6) is -0.888. The van der Waals surface area contributed by atoms with Crippen molar-refractivity contribution in [3.63, 3.8) is 0 Å². The van der Waals surface area contributed by atoms with E-state index >= 15 is 0 Å². The van der Waals surface area contributed by atoms with Gasteiger partial charge in [0.05, 0.1) is 12.7 Å². The highest BCUT2D eigenvalue weighted by molar-refractivity contribution is 5.98. The highest BCUT2D eigenvalue weighted by atomic mass is 19.1. The number of benzene rings is 2. The van der Waals surface area contributed by atoms with Gasteiger partial charge in [-0.15, -0.1) is 0 Å². The summed E-state index contributed by atoms with van der Waals surface area (Å²) in [7, 11) is 3.42. The molecule has 2 heterocycles. The van der Waals surface area contributed by atoms with Gasteiger partial charge in [0.1, 0.15) is 29.3 Å². The van der Waals surface area contributed by atoms with Crippen LogP contribution in [0.1, 0.15) is 49.5 Å². The molecule has 2 fully saturated rings. The molecule has 38 heavy (non-hydrogen) atoms. The molecule has 0 saturated carbocycles. The first-order valence-corrected chi connectivity index (χ1v) is 13.1. The van der Waals surface area contributed by atoms with E-state index in [-0.39, 0.29) is 29.5 Å². The SMILES string of the molecule is COc1ccc(N2C(C)N(C)C(=O)C23CCN(C(=O)[C@H](NC(=O)c2cc(C)ccc2F)C(C)C)CC3)cc1. The lowest BCUT2D eigenvalue weighted by Gasteiger charge is -2.45. The fourth-order valence-corrected chi connectivity index (χ4v) is 5.63. The molecule has 9 heteroatoms. The normalized spacial score (nSPS) is 19.7. The molecule has 1 spiro atoms. The Bertz CT molecular complexity index is 1210. The Morgan fingerprint density at radius 1 is 1.11 bits per heavy atom. The van der Waals surface area contributed by atoms with Crippen molar-refractivity contribution in [3.8, 4) is 5.75 Å². The molecule has 2 saturated heterocycles. The van der Waals surface area contributed by atoms with Crippen LogP contribution in [0.4, 0.5) is 10.1 Å². The summed E-state index contributed by atoms with van der Waals surface area (Å²) in [6, 6.07) is 11.2. The summed E-state index contributed by atoms with van der Waals surface area (Å²) >= 11 is 0. The summed E-state index contributed by atoms with van der Waals surface area (Å²) in [5.41, 5.74) is 0.834. The van der Waals surface area contributed by atoms with E-state index in [1.807, 2.05) is 52.1 Å². The van der Waals surface area contributed by atoms with Gasteiger partial charge in [0.2, 0.25) is 11.8 Å². The molecule has 0 aliphatic carbocycles. The van der Waals surface area contributed by atoms with E-state index in [1.165, 1.54) is 12.1 Å². The maximum atomic E-state index is 14.3. The third kappa shape index (κ3) is 4.81. The average molecular weight is 525 g/mol. The Morgan fingerprint density at radius 3 is 2.32 bits per heavy atom. The number of carbonyl (C=O) groups is 3. The number of likely N-dealkylation sites (tertiary alicyclic amines) is 1. The van der Waals surface area contributed by atoms with Crippen LogP contribution in [0.3, 0.4) is 0 Å². The third-order valence-electron chi connectivity index (χ3n) is 7.95. The van der Waals surface area contributed by atoms with Gasteiger partial charge in [0, 0.05) is 25.8 Å². The van der Waals surface area contributed by atoms with Crippen LogP contribution < -0.4 is 15.0 Å². The lowest BCUT2D eigenvalue weighted by molar-refractivity contribution is -0.139. The molecule has 1 unspecified atom stereocenters. The molecule has 204 valence electrons. The second-order valence-electron chi connectivity index (χ2n) is 10.7. The smallest absolute Gasteiger partial charge is 0.254 e. The van der Waals surface area contributed by atoms with Crippen molar-refractivity contribution < 1.29 is 23.5 Å². The van der Waals surface area contributed by atoms with Crippen molar-refractivity contribution in [2.75, 3.05) is 32.1 Å². The van der Waals surface area contributed by atoms with Gasteiger partial charge in [-0.1, -0.05) is 25.5 Å². The van der Waals surface area contributed by atoms with Crippen LogP contribution in [-0.2, 0) is 9.59 Å². The van der Waals surface area contributed by atoms with Crippen molar-refractivity contribution in [2.45, 2.75) is 58.3 Å². The monoisotopic (exact) mass is 524 g/mol. The number of nitrogens with zero attached hydrogens (tertiary/aromatic N) is 3. The maximum Gasteiger partial charge on any atom is 0.254 e. The van der Waals surface area contributed by atoms with Crippen LogP contribution in [0.25, 0.3) is 0 Å². The second-order valence-corrected chi connectivity index (χ2v) is 10.7. The van der Waals surface area contributed by atoms with Crippen LogP contribution in [-0.4, -0.2) is 72.5 Å². The molecule has 2 aromatic carbocycles. The molecule has 2 aromatic rings. The molecular formula is C29H37FN4O4. The number of methoxy groups -OCH3 is 1. The first kappa shape index (κ1) is 27.4. The van der Waals surface area contributed by atoms with Crippen LogP contribution in [0, 0.1) is 18.7 Å². The molecule has 8 nitrogen and oxygen atoms in total. The molecule has 0 bridgehead atoms. The molecule has 2 atom stereocenters. The molecule has 2 aliphatic rings. The van der Waals surface area contributed by atoms with Gasteiger partial charge in [-0.25, -0.2) is 4.39 Å². The van der Waals surface area contributed by atoms with E-state index in [0.29, 0.717) is 25.9 Å². The summed E-state index contributed by atoms with van der Waals surface area (Å²) in [4.78, 5) is 45.7. The lowest BCUT2D eigenvalue weighted by Crippen LogP contribution is -2.60. The first-order valence-electron chi connectivity index (χ1n) is 13.1. The van der Waals surface area contributed by atoms with Gasteiger partial charge in [-0.05, 0) is 69.0 Å². The summed E-state index contributed by atoms with van der Waals surface area (Å²) < 4.78 is 19.6. The van der Waals surface area contributed by atoms with Gasteiger partial charge in [0.25, 0.3) is 5.91 Å². The Balaban J connectivity index is 1.52. The van der Waals surface area contributed by atoms with Crippen molar-refractivity contribution in [3.05, 3.63) is 59.4 Å². The molecule has 2 aliphatic heterocycles. The minimum atomic E-state index is -0.810. The second kappa shape index (κ2) is 10.6. The van der Waals surface area contributed by atoms with E-state index in [9.17, 15) is 18.8 Å². The number of hydrogen-bond donors (Lipinski definition) is 1. The number of anilines is 1. The van der Waals surface area contributed by atoms with E-state index in [2.05, 4.69) is 10.2 Å². The standard InChI is InChI=1S/C29H37FN4O4/c1-18(2)25(31-26(35)23-17-19(3)7-12-24(23)30)27(36)33-15-13-29(14-16-33)28(37)32(5)20(4)34(29)21-8-10-22(38-6)11-9-21/h7-12,17-18,20,25H,13-16H2,1-6H3,(H,31,35)/t20?,25-/m1/s1. The Hall–Kier alpha value is -3.62. The largest absolute Gasteiger partial charge is 0.497 e. The zero-order chi connectivity index (χ0) is 27.8. The van der Waals surface area contributed by atoms with Crippen molar-refractivity contribution in [1.29, 1.82) is 0 Å². The number of halogens is 1. The number of hydrogen-bond acceptors (Lipinski definition) is 5. The van der Waals surface area contributed by atoms with Gasteiger partial charge in [-0.2, -0.15) is 0 Å². The zero-order valence-electron chi connectivity index (χ0n) is 23.0. The number of rotatable bonds is 6. The fourth-order valence-electron chi connectivity index (χ4n) is 5.63. The molecule has 4 rings (SSSR count). The number of carbonyl (C=O) groups excluding carboxylic acids is 3. The predicted octanol–water partition coefficient (Wildman–Crippen LogP) is 3.58. The highest BCUT2D eigenvalue weighted by Gasteiger charge is 2.56. The van der Waals surface area contributed by atoms with Crippen molar-refractivity contribution in [1.82, 2.24) is 15.1 Å². The van der Waals surface area contributed by atoms with Crippen LogP contribution in [0.15, 0.2) is 42.5 Å². The molecule has 1 N–H and O–H groups in total.